The number of carbonyl (C=O) groups is 1. The van der Waals surface area contributed by atoms with E-state index in [1.807, 2.05) is 61.5 Å². The van der Waals surface area contributed by atoms with Gasteiger partial charge in [0, 0.05) is 11.4 Å². The first-order chi connectivity index (χ1) is 13.6. The molecule has 0 spiro atoms. The van der Waals surface area contributed by atoms with Gasteiger partial charge < -0.3 is 4.42 Å². The van der Waals surface area contributed by atoms with Crippen molar-refractivity contribution in [3.63, 3.8) is 0 Å². The van der Waals surface area contributed by atoms with Gasteiger partial charge in [-0.2, -0.15) is 0 Å². The maximum Gasteiger partial charge on any atom is 0.229 e. The summed E-state index contributed by atoms with van der Waals surface area (Å²) in [7, 11) is 0. The molecule has 0 atom stereocenters. The van der Waals surface area contributed by atoms with Gasteiger partial charge in [-0.3, -0.25) is 9.69 Å². The van der Waals surface area contributed by atoms with Crippen LogP contribution in [0, 0.1) is 6.92 Å². The Balaban J connectivity index is 1.63. The molecule has 2 heterocycles. The fourth-order valence-electron chi connectivity index (χ4n) is 3.06. The average molecular weight is 411 g/mol. The lowest BCUT2D eigenvalue weighted by atomic mass is 10.1. The maximum atomic E-state index is 13.1. The molecule has 0 aliphatic heterocycles. The van der Waals surface area contributed by atoms with Crippen molar-refractivity contribution in [1.82, 2.24) is 4.98 Å². The van der Waals surface area contributed by atoms with Gasteiger partial charge in [-0.1, -0.05) is 53.3 Å². The molecule has 6 heteroatoms. The zero-order chi connectivity index (χ0) is 19.5. The minimum absolute atomic E-state index is 0.0167. The van der Waals surface area contributed by atoms with Crippen LogP contribution in [0.3, 0.4) is 0 Å². The highest BCUT2D eigenvalue weighted by atomic mass is 35.5. The number of thiazole rings is 1. The number of nitrogens with zero attached hydrogens (tertiary/aromatic N) is 2. The molecule has 4 nitrogen and oxygen atoms in total. The van der Waals surface area contributed by atoms with Gasteiger partial charge in [0.05, 0.1) is 23.0 Å². The predicted octanol–water partition coefficient (Wildman–Crippen LogP) is 6.02. The van der Waals surface area contributed by atoms with Crippen LogP contribution in [0.5, 0.6) is 0 Å². The molecule has 142 valence electrons. The van der Waals surface area contributed by atoms with Crippen molar-refractivity contribution in [3.05, 3.63) is 82.8 Å². The van der Waals surface area contributed by atoms with Crippen molar-refractivity contribution in [2.45, 2.75) is 26.3 Å². The van der Waals surface area contributed by atoms with E-state index in [2.05, 4.69) is 0 Å². The minimum atomic E-state index is 0.0167. The van der Waals surface area contributed by atoms with Gasteiger partial charge >= 0.3 is 0 Å². The van der Waals surface area contributed by atoms with Gasteiger partial charge in [0.1, 0.15) is 5.76 Å². The highest BCUT2D eigenvalue weighted by Crippen LogP contribution is 2.34. The summed E-state index contributed by atoms with van der Waals surface area (Å²) in [4.78, 5) is 19.5. The zero-order valence-electron chi connectivity index (χ0n) is 15.4. The lowest BCUT2D eigenvalue weighted by Gasteiger charge is -2.18. The number of aromatic nitrogens is 1. The van der Waals surface area contributed by atoms with E-state index in [0.717, 1.165) is 27.1 Å². The molecule has 4 rings (SSSR count). The summed E-state index contributed by atoms with van der Waals surface area (Å²) in [5.74, 6) is 0.741. The maximum absolute atomic E-state index is 13.1. The first-order valence-electron chi connectivity index (χ1n) is 9.04. The largest absolute Gasteiger partial charge is 0.467 e. The van der Waals surface area contributed by atoms with Crippen LogP contribution >= 0.6 is 22.9 Å². The summed E-state index contributed by atoms with van der Waals surface area (Å²) in [6, 6.07) is 17.5. The standard InChI is InChI=1S/C22H19ClN2O2S/c1-15-18(23)10-11-19-21(15)24-22(28-19)25(14-17-8-5-13-27-17)20(26)12-9-16-6-3-2-4-7-16/h2-8,10-11,13H,9,12,14H2,1H3. The van der Waals surface area contributed by atoms with Crippen molar-refractivity contribution < 1.29 is 9.21 Å². The Bertz CT molecular complexity index is 1090. The second-order valence-electron chi connectivity index (χ2n) is 6.56. The number of halogens is 1. The molecule has 0 N–H and O–H groups in total. The Labute approximate surface area is 172 Å². The monoisotopic (exact) mass is 410 g/mol. The van der Waals surface area contributed by atoms with Crippen LogP contribution in [0.1, 0.15) is 23.3 Å². The number of benzene rings is 2. The van der Waals surface area contributed by atoms with Crippen LogP contribution in [-0.2, 0) is 17.8 Å². The van der Waals surface area contributed by atoms with Crippen LogP contribution in [0.2, 0.25) is 5.02 Å². The van der Waals surface area contributed by atoms with Crippen LogP contribution in [0.15, 0.2) is 65.3 Å². The second kappa shape index (κ2) is 8.17. The van der Waals surface area contributed by atoms with Crippen LogP contribution in [0.25, 0.3) is 10.2 Å². The number of carbonyl (C=O) groups excluding carboxylic acids is 1. The van der Waals surface area contributed by atoms with Gasteiger partial charge in [0.2, 0.25) is 5.91 Å². The molecule has 0 saturated heterocycles. The Morgan fingerprint density at radius 1 is 1.14 bits per heavy atom. The van der Waals surface area contributed by atoms with Gasteiger partial charge in [0.25, 0.3) is 0 Å². The average Bonchev–Trinajstić information content (AvgIpc) is 3.38. The summed E-state index contributed by atoms with van der Waals surface area (Å²) >= 11 is 7.73. The third-order valence-electron chi connectivity index (χ3n) is 4.63. The Morgan fingerprint density at radius 3 is 2.71 bits per heavy atom. The summed E-state index contributed by atoms with van der Waals surface area (Å²) in [5, 5.41) is 1.34. The predicted molar refractivity (Wildman–Crippen MR) is 114 cm³/mol. The van der Waals surface area contributed by atoms with Crippen molar-refractivity contribution >= 4 is 44.2 Å². The Morgan fingerprint density at radius 2 is 1.96 bits per heavy atom. The molecule has 0 fully saturated rings. The van der Waals surface area contributed by atoms with Gasteiger partial charge in [0.15, 0.2) is 5.13 Å². The lowest BCUT2D eigenvalue weighted by Crippen LogP contribution is -2.30. The summed E-state index contributed by atoms with van der Waals surface area (Å²) in [6.45, 7) is 2.30. The van der Waals surface area contributed by atoms with E-state index < -0.39 is 0 Å². The van der Waals surface area contributed by atoms with Crippen molar-refractivity contribution in [2.75, 3.05) is 4.90 Å². The molecule has 2 aromatic heterocycles. The molecule has 28 heavy (non-hydrogen) atoms. The van der Waals surface area contributed by atoms with E-state index >= 15 is 0 Å². The number of amides is 1. The van der Waals surface area contributed by atoms with E-state index in [4.69, 9.17) is 21.0 Å². The molecule has 0 aliphatic carbocycles. The Hall–Kier alpha value is -2.63. The third-order valence-corrected chi connectivity index (χ3v) is 6.09. The van der Waals surface area contributed by atoms with E-state index in [9.17, 15) is 4.79 Å². The normalized spacial score (nSPS) is 11.1. The third kappa shape index (κ3) is 3.96. The number of anilines is 1. The Kier molecular flexibility index (Phi) is 5.46. The first kappa shape index (κ1) is 18.7. The van der Waals surface area contributed by atoms with Crippen LogP contribution < -0.4 is 4.90 Å². The second-order valence-corrected chi connectivity index (χ2v) is 7.98. The molecule has 1 amide bonds. The van der Waals surface area contributed by atoms with E-state index in [1.54, 1.807) is 11.2 Å². The van der Waals surface area contributed by atoms with Crippen molar-refractivity contribution in [2.24, 2.45) is 0 Å². The number of furan rings is 1. The highest BCUT2D eigenvalue weighted by molar-refractivity contribution is 7.22. The minimum Gasteiger partial charge on any atom is -0.467 e. The molecular formula is C22H19ClN2O2S. The van der Waals surface area contributed by atoms with E-state index in [-0.39, 0.29) is 5.91 Å². The fourth-order valence-corrected chi connectivity index (χ4v) is 4.25. The van der Waals surface area contributed by atoms with Gasteiger partial charge in [-0.15, -0.1) is 0 Å². The molecule has 0 radical (unpaired) electrons. The van der Waals surface area contributed by atoms with E-state index in [1.165, 1.54) is 11.3 Å². The topological polar surface area (TPSA) is 46.3 Å². The van der Waals surface area contributed by atoms with Crippen LogP contribution in [-0.4, -0.2) is 10.9 Å². The van der Waals surface area contributed by atoms with Crippen molar-refractivity contribution in [3.8, 4) is 0 Å². The molecule has 0 aliphatic rings. The van der Waals surface area contributed by atoms with Crippen LogP contribution in [0.4, 0.5) is 5.13 Å². The van der Waals surface area contributed by atoms with Crippen molar-refractivity contribution in [1.29, 1.82) is 0 Å². The molecule has 0 unspecified atom stereocenters. The highest BCUT2D eigenvalue weighted by Gasteiger charge is 2.22. The summed E-state index contributed by atoms with van der Waals surface area (Å²) < 4.78 is 6.49. The molecule has 0 bridgehead atoms. The van der Waals surface area contributed by atoms with Gasteiger partial charge in [-0.05, 0) is 48.7 Å². The number of hydrogen-bond donors (Lipinski definition) is 0. The SMILES string of the molecule is Cc1c(Cl)ccc2sc(N(Cc3ccco3)C(=O)CCc3ccccc3)nc12. The lowest BCUT2D eigenvalue weighted by molar-refractivity contribution is -0.118. The van der Waals surface area contributed by atoms with Gasteiger partial charge in [-0.25, -0.2) is 4.98 Å². The summed E-state index contributed by atoms with van der Waals surface area (Å²) in [5.41, 5.74) is 2.91. The summed E-state index contributed by atoms with van der Waals surface area (Å²) in [6.07, 6.45) is 2.70. The number of aryl methyl sites for hydroxylation is 2. The fraction of sp³-hybridized carbons (Fsp3) is 0.182. The van der Waals surface area contributed by atoms with E-state index in [0.29, 0.717) is 29.5 Å². The zero-order valence-corrected chi connectivity index (χ0v) is 17.0. The number of rotatable bonds is 6. The quantitative estimate of drug-likeness (QED) is 0.390. The first-order valence-corrected chi connectivity index (χ1v) is 10.2. The molecular weight excluding hydrogens is 392 g/mol. The smallest absolute Gasteiger partial charge is 0.229 e. The number of hydrogen-bond acceptors (Lipinski definition) is 4. The molecule has 2 aromatic carbocycles. The molecule has 4 aromatic rings. The number of fused-ring (bicyclic) bond motifs is 1. The molecule has 0 saturated carbocycles.